The number of hydrogen-bond acceptors (Lipinski definition) is 5. The van der Waals surface area contributed by atoms with Gasteiger partial charge in [0.15, 0.2) is 0 Å². The van der Waals surface area contributed by atoms with Crippen LogP contribution in [-0.4, -0.2) is 61.5 Å². The van der Waals surface area contributed by atoms with Gasteiger partial charge in [-0.05, 0) is 88.0 Å². The molecular formula is C22H37NO4. The van der Waals surface area contributed by atoms with E-state index >= 15 is 0 Å². The maximum absolute atomic E-state index is 12.0. The number of aliphatic hydroxyl groups is 1. The summed E-state index contributed by atoms with van der Waals surface area (Å²) in [5, 5.41) is 10.5. The summed E-state index contributed by atoms with van der Waals surface area (Å²) in [4.78, 5) is 14.2. The average Bonchev–Trinajstić information content (AvgIpc) is 2.61. The van der Waals surface area contributed by atoms with E-state index in [9.17, 15) is 9.90 Å². The third-order valence-electron chi connectivity index (χ3n) is 7.48. The fourth-order valence-electron chi connectivity index (χ4n) is 6.90. The topological polar surface area (TPSA) is 59.0 Å². The van der Waals surface area contributed by atoms with Crippen molar-refractivity contribution < 1.29 is 19.4 Å². The maximum atomic E-state index is 12.0. The molecule has 2 atom stereocenters. The number of likely N-dealkylation sites (tertiary alicyclic amines) is 1. The minimum atomic E-state index is -0.472. The van der Waals surface area contributed by atoms with Crippen molar-refractivity contribution in [3.63, 3.8) is 0 Å². The highest BCUT2D eigenvalue weighted by atomic mass is 16.5. The number of nitrogens with zero attached hydrogens (tertiary/aromatic N) is 1. The zero-order valence-electron chi connectivity index (χ0n) is 16.9. The van der Waals surface area contributed by atoms with Crippen molar-refractivity contribution in [2.24, 2.45) is 29.1 Å². The highest BCUT2D eigenvalue weighted by molar-refractivity contribution is 5.72. The molecule has 1 aliphatic heterocycles. The predicted molar refractivity (Wildman–Crippen MR) is 103 cm³/mol. The lowest BCUT2D eigenvalue weighted by Gasteiger charge is -2.56. The predicted octanol–water partition coefficient (Wildman–Crippen LogP) is 2.86. The summed E-state index contributed by atoms with van der Waals surface area (Å²) in [6.07, 6.45) is 9.83. The Kier molecular flexibility index (Phi) is 6.10. The van der Waals surface area contributed by atoms with Crippen LogP contribution < -0.4 is 0 Å². The summed E-state index contributed by atoms with van der Waals surface area (Å²) < 4.78 is 11.2. The third-order valence-corrected chi connectivity index (χ3v) is 7.48. The molecule has 5 heteroatoms. The molecular weight excluding hydrogens is 342 g/mol. The van der Waals surface area contributed by atoms with Crippen molar-refractivity contribution in [2.45, 2.75) is 64.4 Å². The maximum Gasteiger partial charge on any atom is 0.310 e. The molecule has 0 unspecified atom stereocenters. The molecule has 5 aliphatic rings. The lowest BCUT2D eigenvalue weighted by molar-refractivity contribution is -0.150. The van der Waals surface area contributed by atoms with Gasteiger partial charge in [-0.2, -0.15) is 0 Å². The zero-order valence-corrected chi connectivity index (χ0v) is 16.9. The molecule has 0 radical (unpaired) electrons. The number of rotatable bonds is 8. The fourth-order valence-corrected chi connectivity index (χ4v) is 6.90. The summed E-state index contributed by atoms with van der Waals surface area (Å²) >= 11 is 0. The van der Waals surface area contributed by atoms with Crippen LogP contribution in [0.25, 0.3) is 0 Å². The third kappa shape index (κ3) is 4.68. The van der Waals surface area contributed by atoms with E-state index in [4.69, 9.17) is 9.47 Å². The lowest BCUT2D eigenvalue weighted by atomic mass is 9.50. The molecule has 5 fully saturated rings. The Hall–Kier alpha value is -0.650. The fraction of sp³-hybridized carbons (Fsp3) is 0.955. The number of carbonyl (C=O) groups excluding carboxylic acids is 1. The Labute approximate surface area is 163 Å². The number of piperidine rings is 1. The van der Waals surface area contributed by atoms with Gasteiger partial charge in [0.05, 0.1) is 31.8 Å². The van der Waals surface area contributed by atoms with Crippen molar-refractivity contribution in [1.82, 2.24) is 4.90 Å². The summed E-state index contributed by atoms with van der Waals surface area (Å²) in [5.41, 5.74) is 0.411. The largest absolute Gasteiger partial charge is 0.466 e. The van der Waals surface area contributed by atoms with Crippen molar-refractivity contribution in [1.29, 1.82) is 0 Å². The molecule has 4 bridgehead atoms. The van der Waals surface area contributed by atoms with Crippen molar-refractivity contribution in [2.75, 3.05) is 39.5 Å². The lowest BCUT2D eigenvalue weighted by Crippen LogP contribution is -2.48. The van der Waals surface area contributed by atoms with Gasteiger partial charge in [-0.1, -0.05) is 0 Å². The van der Waals surface area contributed by atoms with Crippen LogP contribution in [0.5, 0.6) is 0 Å². The summed E-state index contributed by atoms with van der Waals surface area (Å²) in [6.45, 7) is 5.78. The van der Waals surface area contributed by atoms with Gasteiger partial charge in [0.25, 0.3) is 0 Å². The number of carbonyl (C=O) groups is 1. The second-order valence-corrected chi connectivity index (χ2v) is 9.94. The summed E-state index contributed by atoms with van der Waals surface area (Å²) in [7, 11) is 0. The Bertz CT molecular complexity index is 487. The van der Waals surface area contributed by atoms with Crippen molar-refractivity contribution in [3.05, 3.63) is 0 Å². The molecule has 1 N–H and O–H groups in total. The quantitative estimate of drug-likeness (QED) is 0.657. The van der Waals surface area contributed by atoms with Crippen LogP contribution in [-0.2, 0) is 14.3 Å². The molecule has 0 aromatic rings. The minimum absolute atomic E-state index is 0.0427. The monoisotopic (exact) mass is 379 g/mol. The first kappa shape index (κ1) is 19.7. The Morgan fingerprint density at radius 2 is 1.85 bits per heavy atom. The van der Waals surface area contributed by atoms with E-state index in [1.54, 1.807) is 0 Å². The molecule has 4 saturated carbocycles. The summed E-state index contributed by atoms with van der Waals surface area (Å²) in [5.74, 6) is 2.70. The smallest absolute Gasteiger partial charge is 0.310 e. The van der Waals surface area contributed by atoms with E-state index in [1.165, 1.54) is 38.5 Å². The number of aliphatic hydroxyl groups excluding tert-OH is 1. The van der Waals surface area contributed by atoms with Gasteiger partial charge in [0, 0.05) is 13.1 Å². The first-order chi connectivity index (χ1) is 13.0. The minimum Gasteiger partial charge on any atom is -0.466 e. The highest BCUT2D eigenvalue weighted by Gasteiger charge is 2.50. The molecule has 1 saturated heterocycles. The van der Waals surface area contributed by atoms with Crippen LogP contribution in [0.1, 0.15) is 58.3 Å². The van der Waals surface area contributed by atoms with E-state index in [2.05, 4.69) is 4.90 Å². The molecule has 0 spiro atoms. The van der Waals surface area contributed by atoms with E-state index in [0.29, 0.717) is 31.7 Å². The van der Waals surface area contributed by atoms with Crippen molar-refractivity contribution >= 4 is 5.97 Å². The second kappa shape index (κ2) is 8.38. The van der Waals surface area contributed by atoms with Crippen LogP contribution in [0.2, 0.25) is 0 Å². The number of β-amino-alcohol motifs (C(OH)–C–C–N with tert-alkyl or cyclic N) is 1. The van der Waals surface area contributed by atoms with Crippen LogP contribution >= 0.6 is 0 Å². The molecule has 1 heterocycles. The van der Waals surface area contributed by atoms with Gasteiger partial charge in [-0.15, -0.1) is 0 Å². The molecule has 0 aromatic heterocycles. The van der Waals surface area contributed by atoms with Gasteiger partial charge in [-0.25, -0.2) is 0 Å². The second-order valence-electron chi connectivity index (χ2n) is 9.94. The molecule has 154 valence electrons. The first-order valence-electron chi connectivity index (χ1n) is 11.2. The van der Waals surface area contributed by atoms with Gasteiger partial charge in [-0.3, -0.25) is 9.69 Å². The number of hydrogen-bond donors (Lipinski definition) is 1. The Morgan fingerprint density at radius 3 is 2.48 bits per heavy atom. The van der Waals surface area contributed by atoms with E-state index in [-0.39, 0.29) is 11.9 Å². The van der Waals surface area contributed by atoms with Crippen molar-refractivity contribution in [3.8, 4) is 0 Å². The molecule has 0 aromatic carbocycles. The van der Waals surface area contributed by atoms with Gasteiger partial charge in [0.2, 0.25) is 0 Å². The molecule has 27 heavy (non-hydrogen) atoms. The van der Waals surface area contributed by atoms with Gasteiger partial charge in [0.1, 0.15) is 0 Å². The van der Waals surface area contributed by atoms with Crippen LogP contribution in [0.3, 0.4) is 0 Å². The first-order valence-corrected chi connectivity index (χ1v) is 11.2. The summed E-state index contributed by atoms with van der Waals surface area (Å²) in [6, 6.07) is 0. The van der Waals surface area contributed by atoms with Gasteiger partial charge < -0.3 is 14.6 Å². The van der Waals surface area contributed by atoms with E-state index in [1.807, 2.05) is 6.92 Å². The van der Waals surface area contributed by atoms with Gasteiger partial charge >= 0.3 is 5.97 Å². The average molecular weight is 380 g/mol. The van der Waals surface area contributed by atoms with Crippen LogP contribution in [0.4, 0.5) is 0 Å². The standard InChI is InChI=1S/C22H37NO4/c1-2-27-21(25)19-4-3-5-23(12-19)13-20(24)14-26-15-22-9-16-6-17(10-22)8-18(7-16)11-22/h16-20,24H,2-15H2,1H3/t16?,17?,18?,19-,20-,22?/m1/s1. The number of ether oxygens (including phenoxy) is 2. The number of esters is 1. The zero-order chi connectivity index (χ0) is 18.9. The van der Waals surface area contributed by atoms with E-state index < -0.39 is 6.10 Å². The highest BCUT2D eigenvalue weighted by Crippen LogP contribution is 2.60. The normalized spacial score (nSPS) is 39.5. The Morgan fingerprint density at radius 1 is 1.19 bits per heavy atom. The van der Waals surface area contributed by atoms with Crippen LogP contribution in [0, 0.1) is 29.1 Å². The van der Waals surface area contributed by atoms with E-state index in [0.717, 1.165) is 43.7 Å². The molecule has 5 rings (SSSR count). The molecule has 0 amide bonds. The molecule has 5 nitrogen and oxygen atoms in total. The van der Waals surface area contributed by atoms with Crippen LogP contribution in [0.15, 0.2) is 0 Å². The Balaban J connectivity index is 1.19. The molecule has 4 aliphatic carbocycles. The SMILES string of the molecule is CCOC(=O)[C@@H]1CCCN(C[C@@H](O)COCC23CC4CC(CC(C4)C2)C3)C1.